The van der Waals surface area contributed by atoms with Gasteiger partial charge in [-0.15, -0.1) is 0 Å². The molecule has 2 aliphatic rings. The standard InChI is InChI=1S/C23H17NO3/c25-22-19-7-3-4-8-20(19)23(26)24(22)16-10-12-17(13-11-16)27-21-14-9-15-5-1-2-6-18(15)21/h1-8,10-13,21H,9,14H2. The van der Waals surface area contributed by atoms with Crippen molar-refractivity contribution in [2.24, 2.45) is 0 Å². The zero-order valence-corrected chi connectivity index (χ0v) is 14.6. The molecule has 0 radical (unpaired) electrons. The van der Waals surface area contributed by atoms with Crippen LogP contribution in [-0.4, -0.2) is 11.8 Å². The number of rotatable bonds is 3. The second-order valence-corrected chi connectivity index (χ2v) is 6.83. The molecule has 1 atom stereocenters. The van der Waals surface area contributed by atoms with Gasteiger partial charge in [0, 0.05) is 0 Å². The predicted octanol–water partition coefficient (Wildman–Crippen LogP) is 4.55. The van der Waals surface area contributed by atoms with E-state index in [1.165, 1.54) is 16.0 Å². The van der Waals surface area contributed by atoms with Crippen molar-refractivity contribution in [3.63, 3.8) is 0 Å². The molecule has 0 bridgehead atoms. The highest BCUT2D eigenvalue weighted by molar-refractivity contribution is 6.34. The van der Waals surface area contributed by atoms with E-state index in [9.17, 15) is 9.59 Å². The highest BCUT2D eigenvalue weighted by atomic mass is 16.5. The Morgan fingerprint density at radius 1 is 0.778 bits per heavy atom. The van der Waals surface area contributed by atoms with Gasteiger partial charge in [0.1, 0.15) is 11.9 Å². The fraction of sp³-hybridized carbons (Fsp3) is 0.130. The van der Waals surface area contributed by atoms with Crippen LogP contribution in [0, 0.1) is 0 Å². The Kier molecular flexibility index (Phi) is 3.57. The van der Waals surface area contributed by atoms with Gasteiger partial charge in [-0.05, 0) is 60.4 Å². The first-order chi connectivity index (χ1) is 13.2. The van der Waals surface area contributed by atoms with Gasteiger partial charge in [0.15, 0.2) is 0 Å². The second kappa shape index (κ2) is 6.09. The van der Waals surface area contributed by atoms with Gasteiger partial charge < -0.3 is 4.74 Å². The molecule has 0 fully saturated rings. The van der Waals surface area contributed by atoms with E-state index in [0.717, 1.165) is 18.6 Å². The van der Waals surface area contributed by atoms with Gasteiger partial charge >= 0.3 is 0 Å². The summed E-state index contributed by atoms with van der Waals surface area (Å²) in [5.41, 5.74) is 4.03. The summed E-state index contributed by atoms with van der Waals surface area (Å²) in [5.74, 6) is 0.167. The maximum Gasteiger partial charge on any atom is 0.266 e. The molecule has 0 saturated heterocycles. The molecule has 4 nitrogen and oxygen atoms in total. The number of carbonyl (C=O) groups is 2. The van der Waals surface area contributed by atoms with Crippen LogP contribution in [0.4, 0.5) is 5.69 Å². The van der Waals surface area contributed by atoms with Crippen LogP contribution in [0.25, 0.3) is 0 Å². The quantitative estimate of drug-likeness (QED) is 0.648. The first-order valence-electron chi connectivity index (χ1n) is 9.05. The van der Waals surface area contributed by atoms with E-state index in [-0.39, 0.29) is 17.9 Å². The first kappa shape index (κ1) is 15.8. The number of benzene rings is 3. The molecule has 3 aromatic carbocycles. The van der Waals surface area contributed by atoms with E-state index in [1.54, 1.807) is 36.4 Å². The van der Waals surface area contributed by atoms with Crippen molar-refractivity contribution >= 4 is 17.5 Å². The largest absolute Gasteiger partial charge is 0.486 e. The number of aryl methyl sites for hydroxylation is 1. The van der Waals surface area contributed by atoms with Crippen molar-refractivity contribution in [3.05, 3.63) is 95.1 Å². The average molecular weight is 355 g/mol. The molecule has 5 rings (SSSR count). The summed E-state index contributed by atoms with van der Waals surface area (Å²) in [6.45, 7) is 0. The fourth-order valence-electron chi connectivity index (χ4n) is 3.90. The topological polar surface area (TPSA) is 46.6 Å². The van der Waals surface area contributed by atoms with Gasteiger partial charge in [-0.1, -0.05) is 36.4 Å². The van der Waals surface area contributed by atoms with Crippen molar-refractivity contribution in [2.45, 2.75) is 18.9 Å². The van der Waals surface area contributed by atoms with Crippen molar-refractivity contribution in [1.82, 2.24) is 0 Å². The average Bonchev–Trinajstić information content (AvgIpc) is 3.23. The van der Waals surface area contributed by atoms with E-state index in [4.69, 9.17) is 4.74 Å². The summed E-state index contributed by atoms with van der Waals surface area (Å²) >= 11 is 0. The minimum atomic E-state index is -0.283. The maximum absolute atomic E-state index is 12.6. The molecule has 3 aromatic rings. The lowest BCUT2D eigenvalue weighted by Gasteiger charge is -2.17. The lowest BCUT2D eigenvalue weighted by Crippen LogP contribution is -2.29. The SMILES string of the molecule is O=C1c2ccccc2C(=O)N1c1ccc(OC2CCc3ccccc32)cc1. The van der Waals surface area contributed by atoms with Gasteiger partial charge in [0.25, 0.3) is 11.8 Å². The van der Waals surface area contributed by atoms with E-state index in [0.29, 0.717) is 16.8 Å². The molecule has 0 saturated carbocycles. The van der Waals surface area contributed by atoms with Gasteiger partial charge in [-0.2, -0.15) is 0 Å². The lowest BCUT2D eigenvalue weighted by atomic mass is 10.1. The zero-order valence-electron chi connectivity index (χ0n) is 14.6. The van der Waals surface area contributed by atoms with Crippen molar-refractivity contribution in [2.75, 3.05) is 4.90 Å². The minimum Gasteiger partial charge on any atom is -0.486 e. The maximum atomic E-state index is 12.6. The Hall–Kier alpha value is -3.40. The molecule has 0 spiro atoms. The Labute approximate surface area is 157 Å². The number of nitrogens with zero attached hydrogens (tertiary/aromatic N) is 1. The lowest BCUT2D eigenvalue weighted by molar-refractivity contribution is 0.0926. The molecule has 1 aliphatic heterocycles. The molecule has 0 N–H and O–H groups in total. The Morgan fingerprint density at radius 3 is 2.11 bits per heavy atom. The first-order valence-corrected chi connectivity index (χ1v) is 9.05. The third-order valence-corrected chi connectivity index (χ3v) is 5.25. The third kappa shape index (κ3) is 2.53. The molecule has 1 unspecified atom stereocenters. The third-order valence-electron chi connectivity index (χ3n) is 5.25. The number of hydrogen-bond acceptors (Lipinski definition) is 3. The molecule has 0 aromatic heterocycles. The summed E-state index contributed by atoms with van der Waals surface area (Å²) in [5, 5.41) is 0. The summed E-state index contributed by atoms with van der Waals surface area (Å²) in [4.78, 5) is 26.4. The molecule has 4 heteroatoms. The van der Waals surface area contributed by atoms with Gasteiger partial charge in [0.05, 0.1) is 16.8 Å². The Morgan fingerprint density at radius 2 is 1.41 bits per heavy atom. The number of fused-ring (bicyclic) bond motifs is 2. The number of imide groups is 1. The molecule has 1 aliphatic carbocycles. The van der Waals surface area contributed by atoms with Gasteiger partial charge in [-0.25, -0.2) is 4.90 Å². The highest BCUT2D eigenvalue weighted by Crippen LogP contribution is 2.36. The molecular formula is C23H17NO3. The van der Waals surface area contributed by atoms with Crippen LogP contribution in [0.15, 0.2) is 72.8 Å². The highest BCUT2D eigenvalue weighted by Gasteiger charge is 2.36. The van der Waals surface area contributed by atoms with Crippen molar-refractivity contribution in [1.29, 1.82) is 0 Å². The van der Waals surface area contributed by atoms with Crippen molar-refractivity contribution in [3.8, 4) is 5.75 Å². The number of carbonyl (C=O) groups excluding carboxylic acids is 2. The van der Waals surface area contributed by atoms with Crippen LogP contribution >= 0.6 is 0 Å². The Bertz CT molecular complexity index is 1020. The molecule has 2 amide bonds. The monoisotopic (exact) mass is 355 g/mol. The van der Waals surface area contributed by atoms with E-state index >= 15 is 0 Å². The zero-order chi connectivity index (χ0) is 18.4. The normalized spacial score (nSPS) is 17.8. The molecular weight excluding hydrogens is 338 g/mol. The van der Waals surface area contributed by atoms with E-state index in [1.807, 2.05) is 18.2 Å². The van der Waals surface area contributed by atoms with Crippen molar-refractivity contribution < 1.29 is 14.3 Å². The fourth-order valence-corrected chi connectivity index (χ4v) is 3.90. The smallest absolute Gasteiger partial charge is 0.266 e. The van der Waals surface area contributed by atoms with Crippen LogP contribution in [-0.2, 0) is 6.42 Å². The van der Waals surface area contributed by atoms with Crippen LogP contribution < -0.4 is 9.64 Å². The second-order valence-electron chi connectivity index (χ2n) is 6.83. The number of ether oxygens (including phenoxy) is 1. The Balaban J connectivity index is 1.38. The van der Waals surface area contributed by atoms with E-state index < -0.39 is 0 Å². The van der Waals surface area contributed by atoms with E-state index in [2.05, 4.69) is 18.2 Å². The molecule has 1 heterocycles. The van der Waals surface area contributed by atoms with Gasteiger partial charge in [-0.3, -0.25) is 9.59 Å². The summed E-state index contributed by atoms with van der Waals surface area (Å²) < 4.78 is 6.15. The molecule has 132 valence electrons. The number of amides is 2. The van der Waals surface area contributed by atoms with Crippen LogP contribution in [0.2, 0.25) is 0 Å². The van der Waals surface area contributed by atoms with Crippen LogP contribution in [0.1, 0.15) is 44.4 Å². The number of hydrogen-bond donors (Lipinski definition) is 0. The number of anilines is 1. The summed E-state index contributed by atoms with van der Waals surface area (Å²) in [6, 6.07) is 22.4. The summed E-state index contributed by atoms with van der Waals surface area (Å²) in [6.07, 6.45) is 2.03. The van der Waals surface area contributed by atoms with Crippen LogP contribution in [0.5, 0.6) is 5.75 Å². The minimum absolute atomic E-state index is 0.0476. The van der Waals surface area contributed by atoms with Gasteiger partial charge in [0.2, 0.25) is 0 Å². The summed E-state index contributed by atoms with van der Waals surface area (Å²) in [7, 11) is 0. The molecule has 27 heavy (non-hydrogen) atoms. The predicted molar refractivity (Wildman–Crippen MR) is 102 cm³/mol. The van der Waals surface area contributed by atoms with Crippen LogP contribution in [0.3, 0.4) is 0 Å².